The number of hydrogen-bond donors (Lipinski definition) is 3. The maximum absolute atomic E-state index is 12.7. The molecule has 0 saturated heterocycles. The number of fused-ring (bicyclic) bond motifs is 1. The van der Waals surface area contributed by atoms with Crippen LogP contribution in [0.4, 0.5) is 21.9 Å². The van der Waals surface area contributed by atoms with Gasteiger partial charge in [0.25, 0.3) is 15.9 Å². The number of rotatable bonds is 4. The summed E-state index contributed by atoms with van der Waals surface area (Å²) in [7, 11) is -4.09. The number of hydrogen-bond acceptors (Lipinski definition) is 7. The van der Waals surface area contributed by atoms with Gasteiger partial charge >= 0.3 is 6.03 Å². The molecule has 0 saturated carbocycles. The molecule has 1 aromatic heterocycles. The summed E-state index contributed by atoms with van der Waals surface area (Å²) in [6.45, 7) is -0.469. The van der Waals surface area contributed by atoms with Crippen LogP contribution in [-0.4, -0.2) is 29.6 Å². The van der Waals surface area contributed by atoms with Crippen LogP contribution in [0.25, 0.3) is 0 Å². The summed E-state index contributed by atoms with van der Waals surface area (Å²) in [6, 6.07) is 11.9. The Bertz CT molecular complexity index is 1220. The summed E-state index contributed by atoms with van der Waals surface area (Å²) in [5.41, 5.74) is 6.74. The zero-order chi connectivity index (χ0) is 20.6. The van der Waals surface area contributed by atoms with Gasteiger partial charge in [0.15, 0.2) is 0 Å². The Morgan fingerprint density at radius 1 is 1.17 bits per heavy atom. The van der Waals surface area contributed by atoms with E-state index in [1.54, 1.807) is 36.4 Å². The molecule has 0 atom stereocenters. The van der Waals surface area contributed by atoms with E-state index < -0.39 is 28.5 Å². The lowest BCUT2D eigenvalue weighted by Gasteiger charge is -2.27. The zero-order valence-corrected chi connectivity index (χ0v) is 15.6. The number of aromatic nitrogens is 1. The van der Waals surface area contributed by atoms with Gasteiger partial charge in [-0.2, -0.15) is 0 Å². The Hall–Kier alpha value is -3.86. The maximum Gasteiger partial charge on any atom is 0.336 e. The Morgan fingerprint density at radius 3 is 2.69 bits per heavy atom. The van der Waals surface area contributed by atoms with Gasteiger partial charge in [-0.05, 0) is 24.3 Å². The van der Waals surface area contributed by atoms with Crippen molar-refractivity contribution in [1.82, 2.24) is 9.29 Å². The van der Waals surface area contributed by atoms with Gasteiger partial charge in [0.2, 0.25) is 11.7 Å². The first kappa shape index (κ1) is 18.5. The smallest absolute Gasteiger partial charge is 0.336 e. The minimum atomic E-state index is -4.09. The molecule has 4 rings (SSSR count). The Balaban J connectivity index is 1.54. The lowest BCUT2D eigenvalue weighted by atomic mass is 10.2. The van der Waals surface area contributed by atoms with E-state index in [0.717, 1.165) is 6.20 Å². The summed E-state index contributed by atoms with van der Waals surface area (Å²) < 4.78 is 31.4. The number of oxazole rings is 1. The number of nitrogen functional groups attached to an aromatic ring is 1. The first-order valence-electron chi connectivity index (χ1n) is 8.39. The second-order valence-corrected chi connectivity index (χ2v) is 7.93. The second kappa shape index (κ2) is 6.95. The van der Waals surface area contributed by atoms with Crippen LogP contribution in [-0.2, 0) is 16.6 Å². The zero-order valence-electron chi connectivity index (χ0n) is 14.8. The molecular formula is C18H15N5O5S. The van der Waals surface area contributed by atoms with Gasteiger partial charge in [0, 0.05) is 0 Å². The minimum absolute atomic E-state index is 0.0383. The monoisotopic (exact) mass is 413 g/mol. The van der Waals surface area contributed by atoms with Crippen molar-refractivity contribution in [3.63, 3.8) is 0 Å². The average Bonchev–Trinajstić information content (AvgIpc) is 3.16. The number of anilines is 3. The van der Waals surface area contributed by atoms with Crippen LogP contribution in [0.2, 0.25) is 0 Å². The van der Waals surface area contributed by atoms with Gasteiger partial charge in [-0.15, -0.1) is 0 Å². The summed E-state index contributed by atoms with van der Waals surface area (Å²) in [5, 5.41) is 5.07. The number of urea groups is 1. The number of sulfonamides is 1. The molecule has 1 aliphatic heterocycles. The molecule has 3 amide bonds. The quantitative estimate of drug-likeness (QED) is 0.556. The molecule has 1 aliphatic rings. The van der Waals surface area contributed by atoms with Crippen molar-refractivity contribution < 1.29 is 22.4 Å². The molecule has 0 radical (unpaired) electrons. The van der Waals surface area contributed by atoms with Crippen molar-refractivity contribution >= 4 is 39.0 Å². The molecule has 0 bridgehead atoms. The van der Waals surface area contributed by atoms with E-state index in [2.05, 4.69) is 15.6 Å². The third-order valence-corrected chi connectivity index (χ3v) is 5.98. The van der Waals surface area contributed by atoms with E-state index in [4.69, 9.17) is 10.2 Å². The van der Waals surface area contributed by atoms with Crippen molar-refractivity contribution in [2.24, 2.45) is 0 Å². The Kier molecular flexibility index (Phi) is 4.43. The summed E-state index contributed by atoms with van der Waals surface area (Å²) >= 11 is 0. The number of benzene rings is 2. The lowest BCUT2D eigenvalue weighted by molar-refractivity contribution is 0.0994. The Morgan fingerprint density at radius 2 is 1.90 bits per heavy atom. The van der Waals surface area contributed by atoms with Gasteiger partial charge in [0.1, 0.15) is 11.4 Å². The van der Waals surface area contributed by atoms with E-state index in [9.17, 15) is 18.0 Å². The van der Waals surface area contributed by atoms with Gasteiger partial charge in [0.05, 0.1) is 23.3 Å². The van der Waals surface area contributed by atoms with Crippen LogP contribution >= 0.6 is 0 Å². The van der Waals surface area contributed by atoms with E-state index in [1.165, 1.54) is 12.1 Å². The van der Waals surface area contributed by atoms with Crippen LogP contribution in [0.5, 0.6) is 0 Å². The highest BCUT2D eigenvalue weighted by Gasteiger charge is 2.37. The van der Waals surface area contributed by atoms with Crippen molar-refractivity contribution in [2.75, 3.05) is 16.4 Å². The third-order valence-electron chi connectivity index (χ3n) is 4.19. The fourth-order valence-corrected chi connectivity index (χ4v) is 4.19. The summed E-state index contributed by atoms with van der Waals surface area (Å²) in [4.78, 5) is 28.5. The normalized spacial score (nSPS) is 14.8. The fraction of sp³-hybridized carbons (Fsp3) is 0.0556. The average molecular weight is 413 g/mol. The van der Waals surface area contributed by atoms with Gasteiger partial charge in [-0.3, -0.25) is 4.79 Å². The minimum Gasteiger partial charge on any atom is -0.434 e. The lowest BCUT2D eigenvalue weighted by Crippen LogP contribution is -2.43. The predicted molar refractivity (Wildman–Crippen MR) is 104 cm³/mol. The topological polar surface area (TPSA) is 148 Å². The van der Waals surface area contributed by atoms with Crippen molar-refractivity contribution in [3.8, 4) is 0 Å². The van der Waals surface area contributed by atoms with Crippen molar-refractivity contribution in [3.05, 3.63) is 66.4 Å². The van der Waals surface area contributed by atoms with Gasteiger partial charge < -0.3 is 20.8 Å². The molecular weight excluding hydrogens is 398 g/mol. The highest BCUT2D eigenvalue weighted by molar-refractivity contribution is 7.90. The van der Waals surface area contributed by atoms with E-state index in [-0.39, 0.29) is 22.2 Å². The van der Waals surface area contributed by atoms with Crippen LogP contribution in [0, 0.1) is 0 Å². The molecule has 29 heavy (non-hydrogen) atoms. The van der Waals surface area contributed by atoms with Crippen LogP contribution < -0.4 is 16.4 Å². The molecule has 2 heterocycles. The van der Waals surface area contributed by atoms with Crippen LogP contribution in [0.1, 0.15) is 16.4 Å². The number of nitrogens with two attached hydrogens (primary N) is 1. The maximum atomic E-state index is 12.7. The molecule has 11 heteroatoms. The molecule has 148 valence electrons. The van der Waals surface area contributed by atoms with Crippen LogP contribution in [0.3, 0.4) is 0 Å². The van der Waals surface area contributed by atoms with Crippen molar-refractivity contribution in [1.29, 1.82) is 0 Å². The largest absolute Gasteiger partial charge is 0.434 e. The number of nitrogens with one attached hydrogen (secondary N) is 2. The molecule has 0 fully saturated rings. The molecule has 3 aromatic rings. The van der Waals surface area contributed by atoms with E-state index >= 15 is 0 Å². The summed E-state index contributed by atoms with van der Waals surface area (Å²) in [5.74, 6) is -0.884. The van der Waals surface area contributed by atoms with Gasteiger partial charge in [-0.25, -0.2) is 22.5 Å². The van der Waals surface area contributed by atoms with Crippen molar-refractivity contribution in [2.45, 2.75) is 11.4 Å². The molecule has 10 nitrogen and oxygen atoms in total. The predicted octanol–water partition coefficient (Wildman–Crippen LogP) is 2.25. The van der Waals surface area contributed by atoms with E-state index in [1.807, 2.05) is 0 Å². The first-order valence-corrected chi connectivity index (χ1v) is 9.83. The SMILES string of the molecule is Nc1ccccc1NC(=O)c1cnc(CN2C(=O)Nc3ccccc3S2(=O)=O)o1. The molecule has 4 N–H and O–H groups in total. The first-order chi connectivity index (χ1) is 13.9. The highest BCUT2D eigenvalue weighted by Crippen LogP contribution is 2.30. The second-order valence-electron chi connectivity index (χ2n) is 6.10. The number of para-hydroxylation sites is 3. The standard InChI is InChI=1S/C18H15N5O5S/c19-11-5-1-2-6-12(11)21-17(24)14-9-20-16(28-14)10-23-18(25)22-13-7-3-4-8-15(13)29(23,26)27/h1-9H,10,19H2,(H,21,24)(H,22,25). The number of carbonyl (C=O) groups is 2. The number of carbonyl (C=O) groups excluding carboxylic acids is 2. The molecule has 2 aromatic carbocycles. The third kappa shape index (κ3) is 3.38. The number of nitrogens with zero attached hydrogens (tertiary/aromatic N) is 2. The van der Waals surface area contributed by atoms with Crippen LogP contribution in [0.15, 0.2) is 64.0 Å². The summed E-state index contributed by atoms with van der Waals surface area (Å²) in [6.07, 6.45) is 1.15. The number of amides is 3. The Labute approximate surface area is 165 Å². The molecule has 0 unspecified atom stereocenters. The molecule has 0 aliphatic carbocycles. The molecule has 0 spiro atoms. The van der Waals surface area contributed by atoms with E-state index in [0.29, 0.717) is 15.7 Å². The van der Waals surface area contributed by atoms with Gasteiger partial charge in [-0.1, -0.05) is 24.3 Å². The highest BCUT2D eigenvalue weighted by atomic mass is 32.2. The fourth-order valence-electron chi connectivity index (χ4n) is 2.76.